The van der Waals surface area contributed by atoms with E-state index >= 15 is 0 Å². The number of benzene rings is 1. The molecule has 0 saturated heterocycles. The molecule has 5 heteroatoms. The second kappa shape index (κ2) is 4.91. The van der Waals surface area contributed by atoms with Gasteiger partial charge < -0.3 is 16.0 Å². The molecular weight excluding hydrogens is 228 g/mol. The average Bonchev–Trinajstić information content (AvgIpc) is 2.32. The summed E-state index contributed by atoms with van der Waals surface area (Å²) in [5.74, 6) is 0. The Morgan fingerprint density at radius 2 is 2.39 bits per heavy atom. The van der Waals surface area contributed by atoms with Gasteiger partial charge in [-0.15, -0.1) is 6.58 Å². The molecule has 0 spiro atoms. The van der Waals surface area contributed by atoms with Crippen molar-refractivity contribution in [3.8, 4) is 0 Å². The molecule has 0 aliphatic rings. The highest BCUT2D eigenvalue weighted by Gasteiger charge is 2.07. The lowest BCUT2D eigenvalue weighted by atomic mass is 10.1. The van der Waals surface area contributed by atoms with Gasteiger partial charge in [-0.25, -0.2) is 4.98 Å². The Labute approximate surface area is 105 Å². The molecule has 5 nitrogen and oxygen atoms in total. The monoisotopic (exact) mass is 244 g/mol. The molecule has 1 aromatic carbocycles. The first-order valence-electron chi connectivity index (χ1n) is 5.76. The first-order chi connectivity index (χ1) is 8.61. The number of aromatic amines is 1. The van der Waals surface area contributed by atoms with Crippen molar-refractivity contribution in [3.05, 3.63) is 41.5 Å². The van der Waals surface area contributed by atoms with Gasteiger partial charge in [0.25, 0.3) is 5.56 Å². The summed E-state index contributed by atoms with van der Waals surface area (Å²) in [5.41, 5.74) is 7.70. The number of nitrogens with two attached hydrogens (primary N) is 1. The number of hydrogen-bond acceptors (Lipinski definition) is 4. The minimum Gasteiger partial charge on any atom is -0.397 e. The number of nitrogen functional groups attached to an aromatic ring is 1. The maximum atomic E-state index is 11.6. The number of nitrogens with one attached hydrogen (secondary N) is 2. The van der Waals surface area contributed by atoms with E-state index in [2.05, 4.69) is 21.9 Å². The van der Waals surface area contributed by atoms with Gasteiger partial charge in [-0.2, -0.15) is 0 Å². The molecule has 0 aliphatic heterocycles. The van der Waals surface area contributed by atoms with Crippen LogP contribution in [-0.2, 0) is 0 Å². The molecular formula is C13H16N4O. The van der Waals surface area contributed by atoms with Gasteiger partial charge in [-0.1, -0.05) is 6.08 Å². The van der Waals surface area contributed by atoms with Crippen molar-refractivity contribution >= 4 is 22.3 Å². The second-order valence-electron chi connectivity index (χ2n) is 4.26. The topological polar surface area (TPSA) is 83.8 Å². The van der Waals surface area contributed by atoms with Crippen LogP contribution in [0.15, 0.2) is 35.9 Å². The third-order valence-electron chi connectivity index (χ3n) is 2.73. The van der Waals surface area contributed by atoms with E-state index in [4.69, 9.17) is 5.73 Å². The third kappa shape index (κ3) is 2.34. The predicted octanol–water partition coefficient (Wildman–Crippen LogP) is 1.88. The summed E-state index contributed by atoms with van der Waals surface area (Å²) in [7, 11) is 0. The molecule has 0 amide bonds. The number of rotatable bonds is 4. The largest absolute Gasteiger partial charge is 0.397 e. The minimum atomic E-state index is -0.183. The number of H-pyrrole nitrogens is 1. The average molecular weight is 244 g/mol. The molecule has 1 aromatic heterocycles. The number of aromatic nitrogens is 2. The molecule has 1 atom stereocenters. The fourth-order valence-corrected chi connectivity index (χ4v) is 1.83. The van der Waals surface area contributed by atoms with E-state index in [0.717, 1.165) is 12.1 Å². The lowest BCUT2D eigenvalue weighted by Gasteiger charge is -2.15. The van der Waals surface area contributed by atoms with Gasteiger partial charge in [0.15, 0.2) is 0 Å². The molecule has 1 unspecified atom stereocenters. The molecule has 2 aromatic rings. The van der Waals surface area contributed by atoms with E-state index < -0.39 is 0 Å². The molecule has 0 saturated carbocycles. The highest BCUT2D eigenvalue weighted by atomic mass is 16.1. The Morgan fingerprint density at radius 1 is 1.61 bits per heavy atom. The molecule has 1 heterocycles. The van der Waals surface area contributed by atoms with Crippen LogP contribution >= 0.6 is 0 Å². The fraction of sp³-hybridized carbons (Fsp3) is 0.231. The molecule has 2 rings (SSSR count). The lowest BCUT2D eigenvalue weighted by molar-refractivity contribution is 0.815. The van der Waals surface area contributed by atoms with Crippen molar-refractivity contribution in [1.29, 1.82) is 0 Å². The Hall–Kier alpha value is -2.30. The summed E-state index contributed by atoms with van der Waals surface area (Å²) in [4.78, 5) is 18.2. The van der Waals surface area contributed by atoms with E-state index in [9.17, 15) is 4.79 Å². The number of anilines is 2. The fourth-order valence-electron chi connectivity index (χ4n) is 1.83. The standard InChI is InChI=1S/C13H16N4O/c1-3-4-8(2)17-12-6-11-9(5-10(12)14)13(18)16-7-15-11/h3,5-8,17H,1,4,14H2,2H3,(H,15,16,18). The summed E-state index contributed by atoms with van der Waals surface area (Å²) in [6.07, 6.45) is 4.07. The maximum absolute atomic E-state index is 11.6. The van der Waals surface area contributed by atoms with Gasteiger partial charge in [-0.05, 0) is 25.5 Å². The van der Waals surface area contributed by atoms with Crippen LogP contribution in [0.3, 0.4) is 0 Å². The molecule has 0 radical (unpaired) electrons. The van der Waals surface area contributed by atoms with Crippen molar-refractivity contribution in [1.82, 2.24) is 9.97 Å². The zero-order valence-electron chi connectivity index (χ0n) is 10.2. The van der Waals surface area contributed by atoms with Crippen molar-refractivity contribution in [2.75, 3.05) is 11.1 Å². The first kappa shape index (κ1) is 12.2. The van der Waals surface area contributed by atoms with E-state index in [0.29, 0.717) is 16.6 Å². The second-order valence-corrected chi connectivity index (χ2v) is 4.26. The van der Waals surface area contributed by atoms with Gasteiger partial charge >= 0.3 is 0 Å². The summed E-state index contributed by atoms with van der Waals surface area (Å²) < 4.78 is 0. The minimum absolute atomic E-state index is 0.183. The Balaban J connectivity index is 2.43. The summed E-state index contributed by atoms with van der Waals surface area (Å²) in [6, 6.07) is 3.66. The van der Waals surface area contributed by atoms with Crippen LogP contribution in [0.4, 0.5) is 11.4 Å². The SMILES string of the molecule is C=CCC(C)Nc1cc2nc[nH]c(=O)c2cc1N. The Morgan fingerprint density at radius 3 is 3.11 bits per heavy atom. The summed E-state index contributed by atoms with van der Waals surface area (Å²) in [5, 5.41) is 3.77. The van der Waals surface area contributed by atoms with Crippen LogP contribution in [-0.4, -0.2) is 16.0 Å². The van der Waals surface area contributed by atoms with Crippen molar-refractivity contribution in [2.24, 2.45) is 0 Å². The third-order valence-corrected chi connectivity index (χ3v) is 2.73. The zero-order chi connectivity index (χ0) is 13.1. The number of hydrogen-bond donors (Lipinski definition) is 3. The Kier molecular flexibility index (Phi) is 3.32. The van der Waals surface area contributed by atoms with Crippen LogP contribution in [0, 0.1) is 0 Å². The van der Waals surface area contributed by atoms with Gasteiger partial charge in [0.05, 0.1) is 28.6 Å². The predicted molar refractivity (Wildman–Crippen MR) is 74.7 cm³/mol. The van der Waals surface area contributed by atoms with Crippen molar-refractivity contribution < 1.29 is 0 Å². The first-order valence-corrected chi connectivity index (χ1v) is 5.76. The quantitative estimate of drug-likeness (QED) is 0.566. The zero-order valence-corrected chi connectivity index (χ0v) is 10.2. The molecule has 0 bridgehead atoms. The van der Waals surface area contributed by atoms with Crippen LogP contribution in [0.1, 0.15) is 13.3 Å². The molecule has 18 heavy (non-hydrogen) atoms. The van der Waals surface area contributed by atoms with Crippen LogP contribution in [0.2, 0.25) is 0 Å². The van der Waals surface area contributed by atoms with Crippen LogP contribution in [0.5, 0.6) is 0 Å². The van der Waals surface area contributed by atoms with Crippen LogP contribution in [0.25, 0.3) is 10.9 Å². The summed E-state index contributed by atoms with van der Waals surface area (Å²) in [6.45, 7) is 5.74. The smallest absolute Gasteiger partial charge is 0.258 e. The normalized spacial score (nSPS) is 12.3. The molecule has 0 aliphatic carbocycles. The van der Waals surface area contributed by atoms with E-state index in [-0.39, 0.29) is 11.6 Å². The van der Waals surface area contributed by atoms with E-state index in [1.165, 1.54) is 6.33 Å². The van der Waals surface area contributed by atoms with Gasteiger partial charge in [0.2, 0.25) is 0 Å². The summed E-state index contributed by atoms with van der Waals surface area (Å²) >= 11 is 0. The van der Waals surface area contributed by atoms with Crippen molar-refractivity contribution in [2.45, 2.75) is 19.4 Å². The van der Waals surface area contributed by atoms with Gasteiger partial charge in [-0.3, -0.25) is 4.79 Å². The molecule has 4 N–H and O–H groups in total. The lowest BCUT2D eigenvalue weighted by Crippen LogP contribution is -2.15. The number of fused-ring (bicyclic) bond motifs is 1. The van der Waals surface area contributed by atoms with E-state index in [1.54, 1.807) is 12.1 Å². The maximum Gasteiger partial charge on any atom is 0.258 e. The highest BCUT2D eigenvalue weighted by molar-refractivity contribution is 5.88. The van der Waals surface area contributed by atoms with Crippen LogP contribution < -0.4 is 16.6 Å². The van der Waals surface area contributed by atoms with Gasteiger partial charge in [0.1, 0.15) is 0 Å². The van der Waals surface area contributed by atoms with E-state index in [1.807, 2.05) is 13.0 Å². The van der Waals surface area contributed by atoms with Crippen molar-refractivity contribution in [3.63, 3.8) is 0 Å². The van der Waals surface area contributed by atoms with Gasteiger partial charge in [0, 0.05) is 6.04 Å². The Bertz CT molecular complexity index is 632. The molecule has 0 fully saturated rings. The highest BCUT2D eigenvalue weighted by Crippen LogP contribution is 2.23. The molecule has 94 valence electrons. The number of nitrogens with zero attached hydrogens (tertiary/aromatic N) is 1.